The fraction of sp³-hybridized carbons (Fsp3) is 0.429. The van der Waals surface area contributed by atoms with Gasteiger partial charge < -0.3 is 10.4 Å². The molecule has 18 heavy (non-hydrogen) atoms. The second-order valence-corrected chi connectivity index (χ2v) is 4.54. The van der Waals surface area contributed by atoms with E-state index in [0.29, 0.717) is 17.8 Å². The summed E-state index contributed by atoms with van der Waals surface area (Å²) in [6, 6.07) is 6.06. The number of fused-ring (bicyclic) bond motifs is 1. The van der Waals surface area contributed by atoms with Gasteiger partial charge in [0.05, 0.1) is 0 Å². The van der Waals surface area contributed by atoms with E-state index in [-0.39, 0.29) is 0 Å². The first-order valence-corrected chi connectivity index (χ1v) is 6.35. The molecule has 0 saturated carbocycles. The SMILES string of the molecule is CCC(=NO)C(=NO)c1ccc2c(c1)CCCC2. The van der Waals surface area contributed by atoms with Crippen molar-refractivity contribution < 1.29 is 10.4 Å². The molecule has 1 aliphatic rings. The van der Waals surface area contributed by atoms with Gasteiger partial charge in [0.1, 0.15) is 11.4 Å². The summed E-state index contributed by atoms with van der Waals surface area (Å²) >= 11 is 0. The largest absolute Gasteiger partial charge is 0.411 e. The molecule has 1 aromatic rings. The topological polar surface area (TPSA) is 65.2 Å². The first-order valence-electron chi connectivity index (χ1n) is 6.35. The molecule has 4 nitrogen and oxygen atoms in total. The number of hydrogen-bond acceptors (Lipinski definition) is 4. The lowest BCUT2D eigenvalue weighted by Crippen LogP contribution is -2.16. The average Bonchev–Trinajstić information content (AvgIpc) is 2.44. The monoisotopic (exact) mass is 246 g/mol. The Hall–Kier alpha value is -1.84. The molecule has 0 saturated heterocycles. The third kappa shape index (κ3) is 2.37. The van der Waals surface area contributed by atoms with E-state index in [1.54, 1.807) is 0 Å². The van der Waals surface area contributed by atoms with E-state index in [0.717, 1.165) is 18.4 Å². The molecule has 0 unspecified atom stereocenters. The molecule has 4 heteroatoms. The van der Waals surface area contributed by atoms with Gasteiger partial charge >= 0.3 is 0 Å². The van der Waals surface area contributed by atoms with Gasteiger partial charge in [-0.05, 0) is 49.3 Å². The summed E-state index contributed by atoms with van der Waals surface area (Å²) in [5, 5.41) is 24.5. The number of rotatable bonds is 3. The van der Waals surface area contributed by atoms with Gasteiger partial charge in [0.2, 0.25) is 0 Å². The highest BCUT2D eigenvalue weighted by Crippen LogP contribution is 2.22. The molecule has 0 amide bonds. The van der Waals surface area contributed by atoms with Crippen molar-refractivity contribution in [2.24, 2.45) is 10.3 Å². The summed E-state index contributed by atoms with van der Waals surface area (Å²) in [5.74, 6) is 0. The first kappa shape index (κ1) is 12.6. The molecule has 2 N–H and O–H groups in total. The Morgan fingerprint density at radius 3 is 2.44 bits per heavy atom. The second-order valence-electron chi connectivity index (χ2n) is 4.54. The van der Waals surface area contributed by atoms with E-state index in [1.165, 1.54) is 24.0 Å². The molecule has 0 atom stereocenters. The lowest BCUT2D eigenvalue weighted by atomic mass is 9.89. The van der Waals surface area contributed by atoms with Crippen LogP contribution in [0.3, 0.4) is 0 Å². The Morgan fingerprint density at radius 1 is 1.11 bits per heavy atom. The Balaban J connectivity index is 2.38. The maximum Gasteiger partial charge on any atom is 0.134 e. The summed E-state index contributed by atoms with van der Waals surface area (Å²) in [7, 11) is 0. The molecule has 0 aliphatic heterocycles. The van der Waals surface area contributed by atoms with Crippen LogP contribution >= 0.6 is 0 Å². The molecule has 2 rings (SSSR count). The number of hydrogen-bond donors (Lipinski definition) is 2. The van der Waals surface area contributed by atoms with Crippen LogP contribution < -0.4 is 0 Å². The van der Waals surface area contributed by atoms with Crippen molar-refractivity contribution in [3.63, 3.8) is 0 Å². The van der Waals surface area contributed by atoms with Crippen molar-refractivity contribution in [2.45, 2.75) is 39.0 Å². The summed E-state index contributed by atoms with van der Waals surface area (Å²) in [6.45, 7) is 1.86. The molecule has 0 aromatic heterocycles. The molecule has 1 aliphatic carbocycles. The molecule has 1 aromatic carbocycles. The highest BCUT2D eigenvalue weighted by molar-refractivity contribution is 6.48. The fourth-order valence-corrected chi connectivity index (χ4v) is 2.45. The van der Waals surface area contributed by atoms with Crippen LogP contribution in [0.1, 0.15) is 42.9 Å². The predicted octanol–water partition coefficient (Wildman–Crippen LogP) is 2.98. The van der Waals surface area contributed by atoms with E-state index in [2.05, 4.69) is 16.4 Å². The van der Waals surface area contributed by atoms with E-state index < -0.39 is 0 Å². The van der Waals surface area contributed by atoms with Gasteiger partial charge in [0.25, 0.3) is 0 Å². The molecule has 96 valence electrons. The Morgan fingerprint density at radius 2 is 1.83 bits per heavy atom. The van der Waals surface area contributed by atoms with Crippen LogP contribution in [0.5, 0.6) is 0 Å². The Bertz CT molecular complexity index is 493. The normalized spacial score (nSPS) is 16.5. The minimum Gasteiger partial charge on any atom is -0.411 e. The Labute approximate surface area is 107 Å². The average molecular weight is 246 g/mol. The van der Waals surface area contributed by atoms with E-state index >= 15 is 0 Å². The molecule has 0 spiro atoms. The first-order chi connectivity index (χ1) is 8.80. The highest BCUT2D eigenvalue weighted by Gasteiger charge is 2.15. The lowest BCUT2D eigenvalue weighted by molar-refractivity contribution is 0.313. The minimum atomic E-state index is 0.355. The maximum atomic E-state index is 9.11. The van der Waals surface area contributed by atoms with Crippen LogP contribution in [0.15, 0.2) is 28.5 Å². The fourth-order valence-electron chi connectivity index (χ4n) is 2.45. The maximum absolute atomic E-state index is 9.11. The zero-order valence-corrected chi connectivity index (χ0v) is 10.6. The van der Waals surface area contributed by atoms with Gasteiger partial charge in [-0.2, -0.15) is 0 Å². The summed E-state index contributed by atoms with van der Waals surface area (Å²) in [5.41, 5.74) is 4.25. The number of oxime groups is 2. The van der Waals surface area contributed by atoms with Crippen molar-refractivity contribution in [3.05, 3.63) is 34.9 Å². The van der Waals surface area contributed by atoms with Crippen LogP contribution in [0.4, 0.5) is 0 Å². The van der Waals surface area contributed by atoms with Gasteiger partial charge in [-0.15, -0.1) is 0 Å². The van der Waals surface area contributed by atoms with Crippen LogP contribution in [0.25, 0.3) is 0 Å². The summed E-state index contributed by atoms with van der Waals surface area (Å²) in [4.78, 5) is 0. The number of aryl methyl sites for hydroxylation is 2. The van der Waals surface area contributed by atoms with Gasteiger partial charge in [-0.1, -0.05) is 29.4 Å². The zero-order chi connectivity index (χ0) is 13.0. The number of nitrogens with zero attached hydrogens (tertiary/aromatic N) is 2. The lowest BCUT2D eigenvalue weighted by Gasteiger charge is -2.16. The van der Waals surface area contributed by atoms with Crippen LogP contribution in [-0.2, 0) is 12.8 Å². The van der Waals surface area contributed by atoms with Crippen molar-refractivity contribution in [3.8, 4) is 0 Å². The third-order valence-corrected chi connectivity index (χ3v) is 3.45. The van der Waals surface area contributed by atoms with E-state index in [1.807, 2.05) is 19.1 Å². The molecule has 0 radical (unpaired) electrons. The molecular formula is C14H18N2O2. The van der Waals surface area contributed by atoms with Gasteiger partial charge in [0.15, 0.2) is 0 Å². The molecule has 0 fully saturated rings. The minimum absolute atomic E-state index is 0.355. The zero-order valence-electron chi connectivity index (χ0n) is 10.6. The molecular weight excluding hydrogens is 228 g/mol. The summed E-state index contributed by atoms with van der Waals surface area (Å²) in [6.07, 6.45) is 5.16. The van der Waals surface area contributed by atoms with Crippen LogP contribution in [-0.4, -0.2) is 21.8 Å². The number of benzene rings is 1. The third-order valence-electron chi connectivity index (χ3n) is 3.45. The quantitative estimate of drug-likeness (QED) is 0.489. The second kappa shape index (κ2) is 5.67. The van der Waals surface area contributed by atoms with Crippen molar-refractivity contribution in [2.75, 3.05) is 0 Å². The Kier molecular flexibility index (Phi) is 3.97. The standard InChI is InChI=1S/C14H18N2O2/c1-2-13(15-17)14(16-18)12-8-7-10-5-3-4-6-11(10)9-12/h7-9,17-18H,2-6H2,1H3. The van der Waals surface area contributed by atoms with Gasteiger partial charge in [0, 0.05) is 5.56 Å². The smallest absolute Gasteiger partial charge is 0.134 e. The van der Waals surface area contributed by atoms with E-state index in [4.69, 9.17) is 10.4 Å². The van der Waals surface area contributed by atoms with Crippen molar-refractivity contribution in [1.82, 2.24) is 0 Å². The van der Waals surface area contributed by atoms with E-state index in [9.17, 15) is 0 Å². The summed E-state index contributed by atoms with van der Waals surface area (Å²) < 4.78 is 0. The van der Waals surface area contributed by atoms with Crippen molar-refractivity contribution in [1.29, 1.82) is 0 Å². The van der Waals surface area contributed by atoms with Crippen LogP contribution in [0.2, 0.25) is 0 Å². The molecule has 0 bridgehead atoms. The van der Waals surface area contributed by atoms with Gasteiger partial charge in [-0.3, -0.25) is 0 Å². The van der Waals surface area contributed by atoms with Crippen LogP contribution in [0, 0.1) is 0 Å². The predicted molar refractivity (Wildman–Crippen MR) is 70.9 cm³/mol. The highest BCUT2D eigenvalue weighted by atomic mass is 16.4. The molecule has 0 heterocycles. The van der Waals surface area contributed by atoms with Crippen molar-refractivity contribution >= 4 is 11.4 Å². The van der Waals surface area contributed by atoms with Gasteiger partial charge in [-0.25, -0.2) is 0 Å².